The van der Waals surface area contributed by atoms with Crippen LogP contribution in [0.2, 0.25) is 10.0 Å². The van der Waals surface area contributed by atoms with Crippen molar-refractivity contribution in [3.63, 3.8) is 0 Å². The minimum atomic E-state index is -0.310. The lowest BCUT2D eigenvalue weighted by atomic mass is 10.0. The molecule has 0 aliphatic rings. The summed E-state index contributed by atoms with van der Waals surface area (Å²) in [5.41, 5.74) is 4.33. The van der Waals surface area contributed by atoms with E-state index in [4.69, 9.17) is 29.0 Å². The van der Waals surface area contributed by atoms with Gasteiger partial charge in [-0.3, -0.25) is 5.84 Å². The first-order chi connectivity index (χ1) is 8.52. The van der Waals surface area contributed by atoms with Gasteiger partial charge in [0, 0.05) is 17.1 Å². The largest absolute Gasteiger partial charge is 0.271 e. The van der Waals surface area contributed by atoms with Crippen molar-refractivity contribution in [3.8, 4) is 0 Å². The summed E-state index contributed by atoms with van der Waals surface area (Å²) in [5.74, 6) is 5.61. The SMILES string of the molecule is Cn1nnc(Br)c1C(NN)c1cc(Cl)cc(Cl)c1. The van der Waals surface area contributed by atoms with E-state index < -0.39 is 0 Å². The van der Waals surface area contributed by atoms with Crippen LogP contribution in [-0.2, 0) is 7.05 Å². The summed E-state index contributed by atoms with van der Waals surface area (Å²) < 4.78 is 2.24. The van der Waals surface area contributed by atoms with E-state index >= 15 is 0 Å². The maximum atomic E-state index is 5.99. The van der Waals surface area contributed by atoms with Crippen LogP contribution >= 0.6 is 39.1 Å². The second-order valence-electron chi connectivity index (χ2n) is 3.69. The zero-order chi connectivity index (χ0) is 13.3. The lowest BCUT2D eigenvalue weighted by Gasteiger charge is -2.17. The summed E-state index contributed by atoms with van der Waals surface area (Å²) in [4.78, 5) is 0. The number of rotatable bonds is 3. The fraction of sp³-hybridized carbons (Fsp3) is 0.200. The average molecular weight is 351 g/mol. The maximum absolute atomic E-state index is 5.99. The van der Waals surface area contributed by atoms with Crippen LogP contribution < -0.4 is 11.3 Å². The lowest BCUT2D eigenvalue weighted by molar-refractivity contribution is 0.569. The van der Waals surface area contributed by atoms with Gasteiger partial charge in [-0.05, 0) is 39.7 Å². The van der Waals surface area contributed by atoms with Gasteiger partial charge >= 0.3 is 0 Å². The van der Waals surface area contributed by atoms with E-state index in [1.165, 1.54) is 0 Å². The topological polar surface area (TPSA) is 68.8 Å². The van der Waals surface area contributed by atoms with E-state index in [0.29, 0.717) is 14.6 Å². The monoisotopic (exact) mass is 349 g/mol. The number of hydrogen-bond acceptors (Lipinski definition) is 4. The minimum Gasteiger partial charge on any atom is -0.271 e. The van der Waals surface area contributed by atoms with Gasteiger partial charge in [0.1, 0.15) is 0 Å². The van der Waals surface area contributed by atoms with E-state index in [9.17, 15) is 0 Å². The van der Waals surface area contributed by atoms with E-state index in [1.807, 2.05) is 0 Å². The van der Waals surface area contributed by atoms with Gasteiger partial charge in [-0.25, -0.2) is 10.1 Å². The normalized spacial score (nSPS) is 12.7. The van der Waals surface area contributed by atoms with Crippen LogP contribution in [0.5, 0.6) is 0 Å². The molecule has 0 amide bonds. The highest BCUT2D eigenvalue weighted by Gasteiger charge is 2.21. The second-order valence-corrected chi connectivity index (χ2v) is 5.32. The molecule has 0 saturated heterocycles. The van der Waals surface area contributed by atoms with E-state index in [0.717, 1.165) is 11.3 Å². The number of aromatic nitrogens is 3. The minimum absolute atomic E-state index is 0.310. The molecule has 1 heterocycles. The molecule has 2 aromatic rings. The molecule has 3 N–H and O–H groups in total. The van der Waals surface area contributed by atoms with Crippen LogP contribution in [0.3, 0.4) is 0 Å². The van der Waals surface area contributed by atoms with Crippen molar-refractivity contribution in [1.29, 1.82) is 0 Å². The first kappa shape index (κ1) is 13.8. The summed E-state index contributed by atoms with van der Waals surface area (Å²) in [7, 11) is 1.78. The molecule has 0 spiro atoms. The van der Waals surface area contributed by atoms with Crippen LogP contribution in [0.25, 0.3) is 0 Å². The Morgan fingerprint density at radius 1 is 1.33 bits per heavy atom. The predicted molar refractivity (Wildman–Crippen MR) is 74.3 cm³/mol. The van der Waals surface area contributed by atoms with Gasteiger partial charge in [-0.2, -0.15) is 0 Å². The second kappa shape index (κ2) is 5.54. The summed E-state index contributed by atoms with van der Waals surface area (Å²) in [5, 5.41) is 8.93. The molecular formula is C10H10BrCl2N5. The van der Waals surface area contributed by atoms with Crippen LogP contribution in [0.1, 0.15) is 17.3 Å². The van der Waals surface area contributed by atoms with Crippen molar-refractivity contribution in [1.82, 2.24) is 20.4 Å². The van der Waals surface area contributed by atoms with E-state index in [2.05, 4.69) is 31.7 Å². The van der Waals surface area contributed by atoms with Crippen molar-refractivity contribution < 1.29 is 0 Å². The van der Waals surface area contributed by atoms with Crippen LogP contribution in [0.4, 0.5) is 0 Å². The molecule has 1 unspecified atom stereocenters. The number of hydrogen-bond donors (Lipinski definition) is 2. The number of hydrazine groups is 1. The third-order valence-corrected chi connectivity index (χ3v) is 3.49. The van der Waals surface area contributed by atoms with Crippen molar-refractivity contribution in [2.24, 2.45) is 12.9 Å². The molecule has 1 aromatic carbocycles. The van der Waals surface area contributed by atoms with Crippen molar-refractivity contribution in [2.75, 3.05) is 0 Å². The maximum Gasteiger partial charge on any atom is 0.153 e. The third kappa shape index (κ3) is 2.67. The van der Waals surface area contributed by atoms with Gasteiger partial charge in [0.2, 0.25) is 0 Å². The Morgan fingerprint density at radius 2 is 1.94 bits per heavy atom. The number of nitrogens with two attached hydrogens (primary N) is 1. The third-order valence-electron chi connectivity index (χ3n) is 2.49. The zero-order valence-corrected chi connectivity index (χ0v) is 12.5. The number of nitrogens with zero attached hydrogens (tertiary/aromatic N) is 3. The molecule has 18 heavy (non-hydrogen) atoms. The predicted octanol–water partition coefficient (Wildman–Crippen LogP) is 2.44. The standard InChI is InChI=1S/C10H10BrCl2N5/c1-18-9(10(11)16-17-18)8(15-14)5-2-6(12)4-7(13)3-5/h2-4,8,15H,14H2,1H3. The Balaban J connectivity index is 2.52. The van der Waals surface area contributed by atoms with Gasteiger partial charge in [-0.1, -0.05) is 28.4 Å². The van der Waals surface area contributed by atoms with Gasteiger partial charge in [0.15, 0.2) is 4.60 Å². The number of aryl methyl sites for hydroxylation is 1. The summed E-state index contributed by atoms with van der Waals surface area (Å²) in [6.07, 6.45) is 0. The highest BCUT2D eigenvalue weighted by Crippen LogP contribution is 2.29. The molecule has 2 rings (SSSR count). The highest BCUT2D eigenvalue weighted by atomic mass is 79.9. The molecule has 5 nitrogen and oxygen atoms in total. The summed E-state index contributed by atoms with van der Waals surface area (Å²) in [6, 6.07) is 4.93. The van der Waals surface area contributed by atoms with Crippen molar-refractivity contribution in [3.05, 3.63) is 44.1 Å². The Bertz CT molecular complexity index is 532. The first-order valence-electron chi connectivity index (χ1n) is 5.00. The molecule has 0 aliphatic carbocycles. The summed E-state index contributed by atoms with van der Waals surface area (Å²) in [6.45, 7) is 0. The molecule has 0 saturated carbocycles. The van der Waals surface area contributed by atoms with Gasteiger partial charge in [0.25, 0.3) is 0 Å². The van der Waals surface area contributed by atoms with Gasteiger partial charge in [0.05, 0.1) is 11.7 Å². The molecule has 0 aliphatic heterocycles. The zero-order valence-electron chi connectivity index (χ0n) is 9.36. The van der Waals surface area contributed by atoms with Crippen molar-refractivity contribution >= 4 is 39.1 Å². The fourth-order valence-electron chi connectivity index (χ4n) is 1.72. The Hall–Kier alpha value is -0.660. The Kier molecular flexibility index (Phi) is 4.24. The van der Waals surface area contributed by atoms with Crippen LogP contribution in [-0.4, -0.2) is 15.0 Å². The molecule has 1 aromatic heterocycles. The van der Waals surface area contributed by atoms with E-state index in [-0.39, 0.29) is 6.04 Å². The van der Waals surface area contributed by atoms with Gasteiger partial charge in [-0.15, -0.1) is 5.10 Å². The Morgan fingerprint density at radius 3 is 2.39 bits per heavy atom. The molecule has 1 atom stereocenters. The van der Waals surface area contributed by atoms with Crippen LogP contribution in [0, 0.1) is 0 Å². The fourth-order valence-corrected chi connectivity index (χ4v) is 2.82. The quantitative estimate of drug-likeness (QED) is 0.659. The molecule has 8 heteroatoms. The number of benzene rings is 1. The molecule has 96 valence electrons. The Labute approximate surface area is 122 Å². The van der Waals surface area contributed by atoms with Crippen LogP contribution in [0.15, 0.2) is 22.8 Å². The average Bonchev–Trinajstić information content (AvgIpc) is 2.61. The molecular weight excluding hydrogens is 341 g/mol. The molecule has 0 radical (unpaired) electrons. The smallest absolute Gasteiger partial charge is 0.153 e. The number of nitrogens with one attached hydrogen (secondary N) is 1. The van der Waals surface area contributed by atoms with Gasteiger partial charge < -0.3 is 0 Å². The highest BCUT2D eigenvalue weighted by molar-refractivity contribution is 9.10. The van der Waals surface area contributed by atoms with Crippen molar-refractivity contribution in [2.45, 2.75) is 6.04 Å². The molecule has 0 fully saturated rings. The first-order valence-corrected chi connectivity index (χ1v) is 6.55. The number of halogens is 3. The lowest BCUT2D eigenvalue weighted by Crippen LogP contribution is -2.30. The molecule has 0 bridgehead atoms. The summed E-state index contributed by atoms with van der Waals surface area (Å²) >= 11 is 15.3. The van der Waals surface area contributed by atoms with E-state index in [1.54, 1.807) is 29.9 Å².